The summed E-state index contributed by atoms with van der Waals surface area (Å²) in [6.07, 6.45) is 28.0. The van der Waals surface area contributed by atoms with E-state index in [0.29, 0.717) is 93.6 Å². The Morgan fingerprint density at radius 3 is 1.45 bits per heavy atom. The van der Waals surface area contributed by atoms with Crippen molar-refractivity contribution in [1.82, 2.24) is 5.32 Å². The summed E-state index contributed by atoms with van der Waals surface area (Å²) in [5, 5.41) is 13.2. The number of allylic oxidation sites excluding steroid dienone is 6. The SMILES string of the molecule is C=C(C)[C@@H]1CC[C@]2(N)CC[C@]3(C)[C@H](CC[C@@H]4[C@@]5(C)CC=C(c6ccc(C(=O)OC)cc6)C(C)(C)[C@@H]5CC[C@]43C)[C@@H]12.C=C(C)[C@@H]1CC[C@]2(NCCF)CC[C@]3(C)[C@H](CC[C@@H]4[C@@]5(C)CC=C(c6ccc(C(=O)O)cc6)C(C)(C)[C@@H]5CC[C@]43C)[C@@H]12.CCCF. The number of methoxy groups -OCH3 is 1. The van der Waals surface area contributed by atoms with E-state index < -0.39 is 5.97 Å². The molecule has 0 spiro atoms. The van der Waals surface area contributed by atoms with E-state index in [0.717, 1.165) is 25.2 Å². The summed E-state index contributed by atoms with van der Waals surface area (Å²) in [6, 6.07) is 15.7. The molecule has 6 nitrogen and oxygen atoms in total. The zero-order valence-corrected chi connectivity index (χ0v) is 56.0. The molecule has 86 heavy (non-hydrogen) atoms. The molecule has 0 bridgehead atoms. The Balaban J connectivity index is 0.000000180. The first-order valence-corrected chi connectivity index (χ1v) is 34.3. The maximum Gasteiger partial charge on any atom is 0.337 e. The number of halogens is 2. The molecule has 0 aliphatic heterocycles. The molecule has 12 rings (SSSR count). The molecule has 0 unspecified atom stereocenters. The highest BCUT2D eigenvalue weighted by Gasteiger charge is 2.72. The first-order chi connectivity index (χ1) is 40.4. The average molecular weight is 1180 g/mol. The lowest BCUT2D eigenvalue weighted by Crippen LogP contribution is -2.68. The standard InChI is InChI=1S/C38H54FNO2.C37H53NO2.C3H7F/c1-24(2)27-14-19-38(40-23-22-39)21-20-36(6)29(32(27)38)12-13-31-35(5)17-15-28(25-8-10-26(11-9-25)33(41)42)34(3,4)30(35)16-18-37(31,36)7;1-23(2)26-15-20-37(38)22-21-35(6)28(31(26)37)13-14-30-34(5)18-16-27(24-9-11-25(12-10-24)32(39)40-8)33(3,4)29(34)17-19-36(30,35)7;1-2-3-4/h8-11,15,27,29-32,40H,1,12-14,16-23H2,2-7H3,(H,41,42);9-12,16,26,28-31H,1,13-15,17-22,38H2,2-8H3;2-3H2,1H3/t27-,29+,30-,31+,32+,35-,36+,37+,38-;26-,28+,29-,30+,31+,34-,35+,36+,37-;/m00./s1. The maximum absolute atomic E-state index is 13.5. The van der Waals surface area contributed by atoms with E-state index in [9.17, 15) is 23.5 Å². The Kier molecular flexibility index (Phi) is 17.5. The number of nitrogens with one attached hydrogen (secondary N) is 1. The normalized spacial score (nSPS) is 42.8. The van der Waals surface area contributed by atoms with Crippen molar-refractivity contribution in [2.45, 2.75) is 223 Å². The van der Waals surface area contributed by atoms with Crippen LogP contribution in [0.4, 0.5) is 8.78 Å². The van der Waals surface area contributed by atoms with E-state index in [4.69, 9.17) is 10.5 Å². The molecule has 0 saturated heterocycles. The van der Waals surface area contributed by atoms with Gasteiger partial charge in [0.05, 0.1) is 24.9 Å². The van der Waals surface area contributed by atoms with Crippen LogP contribution in [0.5, 0.6) is 0 Å². The lowest BCUT2D eigenvalue weighted by molar-refractivity contribution is -0.219. The number of rotatable bonds is 10. The van der Waals surface area contributed by atoms with Crippen molar-refractivity contribution in [3.8, 4) is 0 Å². The molecule has 8 heteroatoms. The van der Waals surface area contributed by atoms with Crippen LogP contribution in [0.1, 0.15) is 244 Å². The number of fused-ring (bicyclic) bond motifs is 14. The number of carboxylic acids is 1. The summed E-state index contributed by atoms with van der Waals surface area (Å²) in [4.78, 5) is 23.5. The van der Waals surface area contributed by atoms with Gasteiger partial charge >= 0.3 is 11.9 Å². The van der Waals surface area contributed by atoms with Gasteiger partial charge in [-0.15, -0.1) is 0 Å². The van der Waals surface area contributed by atoms with E-state index in [-0.39, 0.29) is 57.5 Å². The smallest absolute Gasteiger partial charge is 0.337 e. The van der Waals surface area contributed by atoms with Crippen molar-refractivity contribution < 1.29 is 28.2 Å². The van der Waals surface area contributed by atoms with Crippen molar-refractivity contribution in [2.75, 3.05) is 27.0 Å². The van der Waals surface area contributed by atoms with Crippen LogP contribution in [0.2, 0.25) is 0 Å². The topological polar surface area (TPSA) is 102 Å². The third kappa shape index (κ3) is 9.81. The van der Waals surface area contributed by atoms with Crippen LogP contribution < -0.4 is 11.1 Å². The van der Waals surface area contributed by atoms with Crippen LogP contribution in [0, 0.1) is 102 Å². The minimum atomic E-state index is -0.869. The molecule has 2 aromatic rings. The number of carboxylic acid groups (broad SMARTS) is 1. The summed E-state index contributed by atoms with van der Waals surface area (Å²) < 4.78 is 29.1. The Morgan fingerprint density at radius 1 is 0.570 bits per heavy atom. The predicted octanol–water partition coefficient (Wildman–Crippen LogP) is 19.5. The van der Waals surface area contributed by atoms with Gasteiger partial charge < -0.3 is 20.9 Å². The summed E-state index contributed by atoms with van der Waals surface area (Å²) in [6.45, 7) is 41.2. The highest BCUT2D eigenvalue weighted by atomic mass is 19.1. The van der Waals surface area contributed by atoms with Gasteiger partial charge in [-0.1, -0.05) is 137 Å². The number of nitrogens with two attached hydrogens (primary N) is 1. The van der Waals surface area contributed by atoms with Gasteiger partial charge in [-0.25, -0.2) is 14.0 Å². The molecule has 4 N–H and O–H groups in total. The van der Waals surface area contributed by atoms with Gasteiger partial charge in [0.25, 0.3) is 0 Å². The number of aromatic carboxylic acids is 1. The Labute approximate surface area is 519 Å². The average Bonchev–Trinajstić information content (AvgIpc) is 0.902. The fourth-order valence-electron chi connectivity index (χ4n) is 24.8. The lowest BCUT2D eigenvalue weighted by atomic mass is 9.33. The second-order valence-electron chi connectivity index (χ2n) is 33.1. The molecular formula is C78H114F2N2O4. The zero-order chi connectivity index (χ0) is 62.6. The minimum absolute atomic E-state index is 0.0192. The second kappa shape index (κ2) is 23.1. The fourth-order valence-corrected chi connectivity index (χ4v) is 24.8. The third-order valence-corrected chi connectivity index (χ3v) is 29.2. The predicted molar refractivity (Wildman–Crippen MR) is 351 cm³/mol. The maximum atomic E-state index is 13.5. The van der Waals surface area contributed by atoms with Crippen LogP contribution in [0.15, 0.2) is 85.0 Å². The number of carbonyl (C=O) groups excluding carboxylic acids is 1. The van der Waals surface area contributed by atoms with Crippen LogP contribution >= 0.6 is 0 Å². The molecule has 10 aliphatic carbocycles. The molecular weight excluding hydrogens is 1070 g/mol. The van der Waals surface area contributed by atoms with Gasteiger partial charge in [0.1, 0.15) is 6.67 Å². The van der Waals surface area contributed by atoms with E-state index in [1.54, 1.807) is 19.1 Å². The van der Waals surface area contributed by atoms with E-state index in [1.807, 2.05) is 24.3 Å². The quantitative estimate of drug-likeness (QED) is 0.162. The van der Waals surface area contributed by atoms with E-state index in [2.05, 4.69) is 126 Å². The number of benzene rings is 2. The summed E-state index contributed by atoms with van der Waals surface area (Å²) in [7, 11) is 1.45. The first kappa shape index (κ1) is 65.1. The van der Waals surface area contributed by atoms with E-state index in [1.165, 1.54) is 137 Å². The Bertz CT molecular complexity index is 2960. The van der Waals surface area contributed by atoms with Crippen molar-refractivity contribution >= 4 is 23.1 Å². The summed E-state index contributed by atoms with van der Waals surface area (Å²) in [5.41, 5.74) is 18.2. The van der Waals surface area contributed by atoms with Gasteiger partial charge in [-0.3, -0.25) is 4.39 Å². The lowest BCUT2D eigenvalue weighted by Gasteiger charge is -2.72. The molecule has 0 aromatic heterocycles. The third-order valence-electron chi connectivity index (χ3n) is 29.2. The Morgan fingerprint density at radius 2 is 1.01 bits per heavy atom. The summed E-state index contributed by atoms with van der Waals surface area (Å²) >= 11 is 0. The van der Waals surface area contributed by atoms with Crippen molar-refractivity contribution in [3.05, 3.63) is 107 Å². The van der Waals surface area contributed by atoms with Gasteiger partial charge in [0.2, 0.25) is 0 Å². The molecule has 0 heterocycles. The van der Waals surface area contributed by atoms with Gasteiger partial charge in [0.15, 0.2) is 0 Å². The number of carbonyl (C=O) groups is 2. The minimum Gasteiger partial charge on any atom is -0.478 e. The molecule has 8 saturated carbocycles. The monoisotopic (exact) mass is 1180 g/mol. The Hall–Kier alpha value is -3.88. The zero-order valence-electron chi connectivity index (χ0n) is 56.0. The van der Waals surface area contributed by atoms with Crippen LogP contribution in [0.3, 0.4) is 0 Å². The van der Waals surface area contributed by atoms with Crippen molar-refractivity contribution in [3.63, 3.8) is 0 Å². The molecule has 0 amide bonds. The fraction of sp³-hybridized carbons (Fsp3) is 0.718. The number of ether oxygens (including phenoxy) is 1. The number of alkyl halides is 2. The molecule has 10 aliphatic rings. The number of esters is 1. The van der Waals surface area contributed by atoms with Gasteiger partial charge in [-0.05, 0) is 285 Å². The van der Waals surface area contributed by atoms with Gasteiger partial charge in [0, 0.05) is 17.6 Å². The number of hydrogen-bond acceptors (Lipinski definition) is 5. The van der Waals surface area contributed by atoms with Gasteiger partial charge in [-0.2, -0.15) is 0 Å². The van der Waals surface area contributed by atoms with Crippen LogP contribution in [0.25, 0.3) is 11.1 Å². The van der Waals surface area contributed by atoms with Crippen LogP contribution in [-0.2, 0) is 4.74 Å². The molecule has 8 fully saturated rings. The van der Waals surface area contributed by atoms with E-state index >= 15 is 0 Å². The van der Waals surface area contributed by atoms with Crippen molar-refractivity contribution in [1.29, 1.82) is 0 Å². The van der Waals surface area contributed by atoms with Crippen molar-refractivity contribution in [2.24, 2.45) is 108 Å². The van der Waals surface area contributed by atoms with Crippen LogP contribution in [-0.4, -0.2) is 55.1 Å². The first-order valence-electron chi connectivity index (χ1n) is 34.3. The highest BCUT2D eigenvalue weighted by Crippen LogP contribution is 2.79. The second-order valence-corrected chi connectivity index (χ2v) is 33.1. The molecule has 18 atom stereocenters. The molecule has 0 radical (unpaired) electrons. The largest absolute Gasteiger partial charge is 0.478 e. The molecule has 474 valence electrons. The molecule has 2 aromatic carbocycles. The summed E-state index contributed by atoms with van der Waals surface area (Å²) in [5.74, 6) is 5.18. The number of hydrogen-bond donors (Lipinski definition) is 3. The highest BCUT2D eigenvalue weighted by molar-refractivity contribution is 5.90.